The predicted octanol–water partition coefficient (Wildman–Crippen LogP) is 29.5. The van der Waals surface area contributed by atoms with E-state index in [4.69, 9.17) is 18.5 Å². The number of carbonyl (C=O) groups excluding carboxylic acids is 2. The topological polar surface area (TPSA) is 111 Å². The molecule has 2 atom stereocenters. The van der Waals surface area contributed by atoms with Crippen molar-refractivity contribution in [1.82, 2.24) is 0 Å². The lowest BCUT2D eigenvalue weighted by Gasteiger charge is -2.28. The lowest BCUT2D eigenvalue weighted by molar-refractivity contribution is -0.870. The van der Waals surface area contributed by atoms with Crippen molar-refractivity contribution in [3.8, 4) is 0 Å². The highest BCUT2D eigenvalue weighted by atomic mass is 31.2. The van der Waals surface area contributed by atoms with E-state index >= 15 is 0 Å². The molecule has 0 spiro atoms. The van der Waals surface area contributed by atoms with Crippen molar-refractivity contribution in [1.29, 1.82) is 0 Å². The highest BCUT2D eigenvalue weighted by Crippen LogP contribution is 2.38. The van der Waals surface area contributed by atoms with Crippen LogP contribution in [0.2, 0.25) is 0 Å². The van der Waals surface area contributed by atoms with E-state index in [0.717, 1.165) is 32.1 Å². The predicted molar refractivity (Wildman–Crippen MR) is 430 cm³/mol. The van der Waals surface area contributed by atoms with Crippen molar-refractivity contribution >= 4 is 19.8 Å². The summed E-state index contributed by atoms with van der Waals surface area (Å²) in [6.07, 6.45) is 104. The molecule has 0 bridgehead atoms. The summed E-state index contributed by atoms with van der Waals surface area (Å²) in [5.41, 5.74) is 0. The highest BCUT2D eigenvalue weighted by Gasteiger charge is 2.22. The molecular weight excluding hydrogens is 1240 g/mol. The lowest BCUT2D eigenvalue weighted by Crippen LogP contribution is -2.37. The molecule has 0 heterocycles. The third kappa shape index (κ3) is 85.6. The number of likely N-dealkylation sites (N-methyl/N-ethyl adjacent to an activating group) is 1. The number of rotatable bonds is 86. The molecule has 2 unspecified atom stereocenters. The van der Waals surface area contributed by atoms with Crippen molar-refractivity contribution in [3.63, 3.8) is 0 Å². The Hall–Kier alpha value is -1.25. The largest absolute Gasteiger partial charge is 0.756 e. The van der Waals surface area contributed by atoms with E-state index < -0.39 is 26.5 Å². The van der Waals surface area contributed by atoms with E-state index in [2.05, 4.69) is 26.0 Å². The molecule has 0 aromatic heterocycles. The van der Waals surface area contributed by atoms with Gasteiger partial charge in [0.15, 0.2) is 6.10 Å². The molecule has 0 amide bonds. The molecule has 0 radical (unpaired) electrons. The standard InChI is InChI=1S/C89H176NO8P/c1-6-8-10-12-14-16-18-20-22-24-26-28-30-32-34-36-38-40-42-44-45-46-48-50-52-54-56-58-60-62-64-66-68-70-72-74-76-78-80-82-89(92)98-87(86-97-99(93,94)96-84-83-90(3,4)5)85-95-88(91)81-79-77-75-73-71-69-67-65-63-61-59-57-55-53-51-49-47-43-41-39-37-35-33-31-29-27-25-23-21-19-17-15-13-11-9-7-2/h24,26,87H,6-23,25,27-86H2,1-5H3/b26-24-. The van der Waals surface area contributed by atoms with Gasteiger partial charge in [-0.15, -0.1) is 0 Å². The summed E-state index contributed by atoms with van der Waals surface area (Å²) in [7, 11) is 1.20. The first-order chi connectivity index (χ1) is 48.5. The Balaban J connectivity index is 3.82. The minimum absolute atomic E-state index is 0.0252. The van der Waals surface area contributed by atoms with Crippen LogP contribution >= 0.6 is 7.82 Å². The Morgan fingerprint density at radius 3 is 0.747 bits per heavy atom. The molecule has 9 nitrogen and oxygen atoms in total. The molecule has 99 heavy (non-hydrogen) atoms. The van der Waals surface area contributed by atoms with Crippen LogP contribution in [0.1, 0.15) is 495 Å². The zero-order valence-corrected chi connectivity index (χ0v) is 68.6. The second kappa shape index (κ2) is 80.8. The number of hydrogen-bond donors (Lipinski definition) is 0. The zero-order valence-electron chi connectivity index (χ0n) is 67.8. The van der Waals surface area contributed by atoms with Gasteiger partial charge in [-0.05, 0) is 38.5 Å². The first kappa shape index (κ1) is 97.8. The minimum atomic E-state index is -4.64. The third-order valence-corrected chi connectivity index (χ3v) is 22.0. The Morgan fingerprint density at radius 1 is 0.303 bits per heavy atom. The van der Waals surface area contributed by atoms with Gasteiger partial charge in [0, 0.05) is 12.8 Å². The monoisotopic (exact) mass is 1420 g/mol. The number of phosphoric acid groups is 1. The third-order valence-electron chi connectivity index (χ3n) is 21.0. The number of ether oxygens (including phenoxy) is 2. The van der Waals surface area contributed by atoms with Crippen LogP contribution in [0, 0.1) is 0 Å². The minimum Gasteiger partial charge on any atom is -0.756 e. The number of hydrogen-bond acceptors (Lipinski definition) is 8. The molecule has 590 valence electrons. The Bertz CT molecular complexity index is 1670. The maximum Gasteiger partial charge on any atom is 0.306 e. The van der Waals surface area contributed by atoms with E-state index in [1.165, 1.54) is 430 Å². The van der Waals surface area contributed by atoms with Crippen LogP contribution in [-0.4, -0.2) is 70.0 Å². The maximum atomic E-state index is 12.9. The molecule has 0 rings (SSSR count). The highest BCUT2D eigenvalue weighted by molar-refractivity contribution is 7.45. The number of quaternary nitrogens is 1. The van der Waals surface area contributed by atoms with Crippen LogP contribution in [0.15, 0.2) is 12.2 Å². The van der Waals surface area contributed by atoms with E-state index in [9.17, 15) is 19.0 Å². The van der Waals surface area contributed by atoms with Gasteiger partial charge >= 0.3 is 11.9 Å². The van der Waals surface area contributed by atoms with Gasteiger partial charge < -0.3 is 27.9 Å². The molecule has 0 N–H and O–H groups in total. The van der Waals surface area contributed by atoms with Crippen LogP contribution < -0.4 is 4.89 Å². The van der Waals surface area contributed by atoms with Crippen LogP contribution in [-0.2, 0) is 32.7 Å². The molecule has 0 aromatic carbocycles. The molecule has 0 aromatic rings. The molecular formula is C89H176NO8P. The number of phosphoric ester groups is 1. The Labute approximate surface area is 619 Å². The Morgan fingerprint density at radius 2 is 0.515 bits per heavy atom. The first-order valence-corrected chi connectivity index (χ1v) is 46.4. The summed E-state index contributed by atoms with van der Waals surface area (Å²) in [5.74, 6) is -0.800. The quantitative estimate of drug-likeness (QED) is 0.0195. The maximum absolute atomic E-state index is 12.9. The average Bonchev–Trinajstić information content (AvgIpc) is 0.989. The number of nitrogens with zero attached hydrogens (tertiary/aromatic N) is 1. The second-order valence-electron chi connectivity index (χ2n) is 32.3. The van der Waals surface area contributed by atoms with E-state index in [0.29, 0.717) is 17.4 Å². The van der Waals surface area contributed by atoms with Crippen molar-refractivity contribution in [2.75, 3.05) is 47.5 Å². The van der Waals surface area contributed by atoms with Gasteiger partial charge in [-0.1, -0.05) is 456 Å². The first-order valence-electron chi connectivity index (χ1n) is 44.9. The Kier molecular flexibility index (Phi) is 79.8. The smallest absolute Gasteiger partial charge is 0.306 e. The van der Waals surface area contributed by atoms with Crippen LogP contribution in [0.3, 0.4) is 0 Å². The van der Waals surface area contributed by atoms with Gasteiger partial charge in [0.1, 0.15) is 19.8 Å². The van der Waals surface area contributed by atoms with Crippen molar-refractivity contribution in [2.45, 2.75) is 502 Å². The second-order valence-corrected chi connectivity index (χ2v) is 33.7. The fourth-order valence-corrected chi connectivity index (χ4v) is 14.9. The van der Waals surface area contributed by atoms with Crippen molar-refractivity contribution < 1.29 is 42.1 Å². The van der Waals surface area contributed by atoms with E-state index in [1.54, 1.807) is 0 Å². The number of carbonyl (C=O) groups is 2. The lowest BCUT2D eigenvalue weighted by atomic mass is 10.0. The zero-order chi connectivity index (χ0) is 71.8. The van der Waals surface area contributed by atoms with Gasteiger partial charge in [-0.25, -0.2) is 0 Å². The van der Waals surface area contributed by atoms with Gasteiger partial charge in [0.25, 0.3) is 7.82 Å². The van der Waals surface area contributed by atoms with Gasteiger partial charge in [-0.3, -0.25) is 14.2 Å². The molecule has 0 aliphatic carbocycles. The van der Waals surface area contributed by atoms with Crippen molar-refractivity contribution in [3.05, 3.63) is 12.2 Å². The molecule has 0 aliphatic rings. The van der Waals surface area contributed by atoms with Crippen molar-refractivity contribution in [2.24, 2.45) is 0 Å². The SMILES string of the molecule is CCCCCCCCCC/C=C\CCCCCCCCCCCCCCCCCCCCCCCCCCCCCC(=O)OC(COC(=O)CCCCCCCCCCCCCCCCCCCCCCCCCCCCCCCCCCCCCC)COP(=O)([O-])OCC[N+](C)(C)C. The fraction of sp³-hybridized carbons (Fsp3) is 0.955. The van der Waals surface area contributed by atoms with Crippen LogP contribution in [0.4, 0.5) is 0 Å². The normalized spacial score (nSPS) is 12.9. The number of esters is 2. The summed E-state index contributed by atoms with van der Waals surface area (Å²) in [6, 6.07) is 0. The van der Waals surface area contributed by atoms with Gasteiger partial charge in [0.05, 0.1) is 27.7 Å². The van der Waals surface area contributed by atoms with E-state index in [1.807, 2.05) is 21.1 Å². The molecule has 0 saturated heterocycles. The molecule has 0 aliphatic heterocycles. The molecule has 0 fully saturated rings. The summed E-state index contributed by atoms with van der Waals surface area (Å²) < 4.78 is 34.5. The van der Waals surface area contributed by atoms with Crippen LogP contribution in [0.25, 0.3) is 0 Å². The fourth-order valence-electron chi connectivity index (χ4n) is 14.2. The number of unbranched alkanes of at least 4 members (excludes halogenated alkanes) is 70. The van der Waals surface area contributed by atoms with Gasteiger partial charge in [-0.2, -0.15) is 0 Å². The number of allylic oxidation sites excluding steroid dienone is 2. The average molecular weight is 1420 g/mol. The summed E-state index contributed by atoms with van der Waals surface area (Å²) in [5, 5.41) is 0. The summed E-state index contributed by atoms with van der Waals surface area (Å²) >= 11 is 0. The summed E-state index contributed by atoms with van der Waals surface area (Å²) in [6.45, 7) is 4.35. The molecule has 10 heteroatoms. The van der Waals surface area contributed by atoms with Gasteiger partial charge in [0.2, 0.25) is 0 Å². The van der Waals surface area contributed by atoms with E-state index in [-0.39, 0.29) is 32.0 Å². The summed E-state index contributed by atoms with van der Waals surface area (Å²) in [4.78, 5) is 38.3. The molecule has 0 saturated carbocycles. The van der Waals surface area contributed by atoms with Crippen LogP contribution in [0.5, 0.6) is 0 Å².